The predicted molar refractivity (Wildman–Crippen MR) is 89.4 cm³/mol. The Balaban J connectivity index is 2.04. The van der Waals surface area contributed by atoms with Crippen LogP contribution in [-0.4, -0.2) is 39.5 Å². The third-order valence-electron chi connectivity index (χ3n) is 3.63. The number of carboxylic acids is 1. The molecule has 0 aliphatic carbocycles. The number of rotatable bonds is 8. The van der Waals surface area contributed by atoms with E-state index in [1.165, 1.54) is 16.2 Å². The number of thiazole rings is 1. The number of hydrogen-bond acceptors (Lipinski definition) is 4. The Bertz CT molecular complexity index is 629. The van der Waals surface area contributed by atoms with Crippen molar-refractivity contribution in [1.29, 1.82) is 0 Å². The number of hydrogen-bond donors (Lipinski definition) is 1. The summed E-state index contributed by atoms with van der Waals surface area (Å²) in [7, 11) is 0. The Morgan fingerprint density at radius 3 is 2.61 bits per heavy atom. The van der Waals surface area contributed by atoms with E-state index in [2.05, 4.69) is 4.98 Å². The topological polar surface area (TPSA) is 70.5 Å². The number of amides is 1. The third kappa shape index (κ3) is 4.89. The fraction of sp³-hybridized carbons (Fsp3) is 0.353. The molecule has 1 atom stereocenters. The van der Waals surface area contributed by atoms with Crippen LogP contribution in [0.3, 0.4) is 0 Å². The molecule has 0 aliphatic heterocycles. The summed E-state index contributed by atoms with van der Waals surface area (Å²) >= 11 is 1.50. The average Bonchev–Trinajstić information content (AvgIpc) is 3.07. The van der Waals surface area contributed by atoms with Crippen molar-refractivity contribution < 1.29 is 14.7 Å². The van der Waals surface area contributed by atoms with E-state index >= 15 is 0 Å². The molecule has 23 heavy (non-hydrogen) atoms. The van der Waals surface area contributed by atoms with Gasteiger partial charge in [-0.2, -0.15) is 0 Å². The highest BCUT2D eigenvalue weighted by Gasteiger charge is 2.28. The predicted octanol–water partition coefficient (Wildman–Crippen LogP) is 2.62. The number of aryl methyl sites for hydroxylation is 1. The Labute approximate surface area is 139 Å². The van der Waals surface area contributed by atoms with Crippen molar-refractivity contribution in [2.75, 3.05) is 6.54 Å². The molecule has 2 aromatic rings. The van der Waals surface area contributed by atoms with Gasteiger partial charge in [-0.25, -0.2) is 9.78 Å². The van der Waals surface area contributed by atoms with Crippen molar-refractivity contribution in [1.82, 2.24) is 9.88 Å². The second-order valence-corrected chi connectivity index (χ2v) is 6.13. The van der Waals surface area contributed by atoms with Crippen LogP contribution in [-0.2, 0) is 22.4 Å². The fourth-order valence-electron chi connectivity index (χ4n) is 2.47. The van der Waals surface area contributed by atoms with E-state index in [4.69, 9.17) is 0 Å². The lowest BCUT2D eigenvalue weighted by Crippen LogP contribution is -2.46. The van der Waals surface area contributed by atoms with E-state index < -0.39 is 12.0 Å². The number of carboxylic acid groups (broad SMARTS) is 1. The summed E-state index contributed by atoms with van der Waals surface area (Å²) in [4.78, 5) is 29.7. The summed E-state index contributed by atoms with van der Waals surface area (Å²) < 4.78 is 0. The molecule has 0 saturated heterocycles. The molecule has 6 heteroatoms. The zero-order valence-corrected chi connectivity index (χ0v) is 13.8. The van der Waals surface area contributed by atoms with Crippen LogP contribution in [0.25, 0.3) is 0 Å². The van der Waals surface area contributed by atoms with Gasteiger partial charge in [-0.15, -0.1) is 11.3 Å². The fourth-order valence-corrected chi connectivity index (χ4v) is 3.09. The number of aromatic nitrogens is 1. The number of aliphatic carboxylic acids is 1. The second-order valence-electron chi connectivity index (χ2n) is 5.15. The summed E-state index contributed by atoms with van der Waals surface area (Å²) in [6.45, 7) is 2.18. The number of carbonyl (C=O) groups is 2. The lowest BCUT2D eigenvalue weighted by Gasteiger charge is -2.28. The highest BCUT2D eigenvalue weighted by Crippen LogP contribution is 2.13. The van der Waals surface area contributed by atoms with Gasteiger partial charge >= 0.3 is 5.97 Å². The normalized spacial score (nSPS) is 11.9. The molecule has 1 aromatic heterocycles. The van der Waals surface area contributed by atoms with Crippen molar-refractivity contribution in [2.45, 2.75) is 32.2 Å². The van der Waals surface area contributed by atoms with Crippen molar-refractivity contribution >= 4 is 23.2 Å². The van der Waals surface area contributed by atoms with E-state index in [0.29, 0.717) is 19.4 Å². The first-order valence-electron chi connectivity index (χ1n) is 7.56. The first kappa shape index (κ1) is 17.1. The molecule has 0 aliphatic rings. The summed E-state index contributed by atoms with van der Waals surface area (Å²) in [5, 5.41) is 12.3. The van der Waals surface area contributed by atoms with Gasteiger partial charge in [-0.1, -0.05) is 30.3 Å². The highest BCUT2D eigenvalue weighted by molar-refractivity contribution is 7.09. The molecule has 0 saturated carbocycles. The SMILES string of the molecule is CCN(C(=O)CCc1nccs1)C(Cc1ccccc1)C(=O)O. The number of likely N-dealkylation sites (N-methyl/N-ethyl adjacent to an activating group) is 1. The van der Waals surface area contributed by atoms with Gasteiger partial charge in [0.05, 0.1) is 5.01 Å². The van der Waals surface area contributed by atoms with Crippen molar-refractivity contribution in [2.24, 2.45) is 0 Å². The molecular weight excluding hydrogens is 312 g/mol. The van der Waals surface area contributed by atoms with Gasteiger partial charge in [-0.05, 0) is 12.5 Å². The third-order valence-corrected chi connectivity index (χ3v) is 4.47. The van der Waals surface area contributed by atoms with E-state index in [-0.39, 0.29) is 12.3 Å². The molecular formula is C17H20N2O3S. The zero-order valence-electron chi connectivity index (χ0n) is 13.0. The maximum atomic E-state index is 12.4. The maximum absolute atomic E-state index is 12.4. The second kappa shape index (κ2) is 8.43. The van der Waals surface area contributed by atoms with Crippen molar-refractivity contribution in [3.8, 4) is 0 Å². The van der Waals surface area contributed by atoms with Crippen LogP contribution in [0.4, 0.5) is 0 Å². The largest absolute Gasteiger partial charge is 0.480 e. The first-order valence-corrected chi connectivity index (χ1v) is 8.44. The standard InChI is InChI=1S/C17H20N2O3S/c1-2-19(16(20)9-8-15-18-10-11-23-15)14(17(21)22)12-13-6-4-3-5-7-13/h3-7,10-11,14H,2,8-9,12H2,1H3,(H,21,22). The average molecular weight is 332 g/mol. The quantitative estimate of drug-likeness (QED) is 0.807. The molecule has 0 bridgehead atoms. The highest BCUT2D eigenvalue weighted by atomic mass is 32.1. The van der Waals surface area contributed by atoms with Crippen LogP contribution < -0.4 is 0 Å². The Hall–Kier alpha value is -2.21. The monoisotopic (exact) mass is 332 g/mol. The molecule has 2 rings (SSSR count). The Morgan fingerprint density at radius 2 is 2.04 bits per heavy atom. The maximum Gasteiger partial charge on any atom is 0.326 e. The van der Waals surface area contributed by atoms with Crippen LogP contribution in [0.1, 0.15) is 23.9 Å². The minimum Gasteiger partial charge on any atom is -0.480 e. The summed E-state index contributed by atoms with van der Waals surface area (Å²) in [6, 6.07) is 8.54. The van der Waals surface area contributed by atoms with Gasteiger partial charge in [0.1, 0.15) is 6.04 Å². The first-order chi connectivity index (χ1) is 11.1. The summed E-state index contributed by atoms with van der Waals surface area (Å²) in [5.74, 6) is -1.12. The van der Waals surface area contributed by atoms with Crippen LogP contribution in [0, 0.1) is 0 Å². The molecule has 122 valence electrons. The molecule has 1 unspecified atom stereocenters. The van der Waals surface area contributed by atoms with Crippen molar-refractivity contribution in [3.63, 3.8) is 0 Å². The molecule has 0 fully saturated rings. The molecule has 1 aromatic carbocycles. The number of carbonyl (C=O) groups excluding carboxylic acids is 1. The van der Waals surface area contributed by atoms with Crippen LogP contribution >= 0.6 is 11.3 Å². The minimum absolute atomic E-state index is 0.147. The van der Waals surface area contributed by atoms with E-state index in [9.17, 15) is 14.7 Å². The van der Waals surface area contributed by atoms with Crippen LogP contribution in [0.15, 0.2) is 41.9 Å². The molecule has 5 nitrogen and oxygen atoms in total. The summed E-state index contributed by atoms with van der Waals surface area (Å²) in [6.07, 6.45) is 2.84. The summed E-state index contributed by atoms with van der Waals surface area (Å²) in [5.41, 5.74) is 0.908. The Morgan fingerprint density at radius 1 is 1.30 bits per heavy atom. The van der Waals surface area contributed by atoms with Crippen molar-refractivity contribution in [3.05, 3.63) is 52.5 Å². The van der Waals surface area contributed by atoms with Gasteiger partial charge in [0.25, 0.3) is 0 Å². The lowest BCUT2D eigenvalue weighted by atomic mass is 10.0. The van der Waals surface area contributed by atoms with E-state index in [1.807, 2.05) is 42.6 Å². The molecule has 1 heterocycles. The van der Waals surface area contributed by atoms with Crippen LogP contribution in [0.2, 0.25) is 0 Å². The molecule has 0 spiro atoms. The smallest absolute Gasteiger partial charge is 0.326 e. The van der Waals surface area contributed by atoms with E-state index in [0.717, 1.165) is 10.6 Å². The minimum atomic E-state index is -0.974. The van der Waals surface area contributed by atoms with Gasteiger partial charge in [0.15, 0.2) is 0 Å². The van der Waals surface area contributed by atoms with Crippen LogP contribution in [0.5, 0.6) is 0 Å². The van der Waals surface area contributed by atoms with Gasteiger partial charge in [0.2, 0.25) is 5.91 Å². The molecule has 0 radical (unpaired) electrons. The zero-order chi connectivity index (χ0) is 16.7. The van der Waals surface area contributed by atoms with Gasteiger partial charge in [-0.3, -0.25) is 4.79 Å². The van der Waals surface area contributed by atoms with Gasteiger partial charge < -0.3 is 10.0 Å². The molecule has 1 amide bonds. The number of nitrogens with zero attached hydrogens (tertiary/aromatic N) is 2. The Kier molecular flexibility index (Phi) is 6.29. The number of benzene rings is 1. The van der Waals surface area contributed by atoms with E-state index in [1.54, 1.807) is 6.20 Å². The molecule has 1 N–H and O–H groups in total. The lowest BCUT2D eigenvalue weighted by molar-refractivity contribution is -0.150. The van der Waals surface area contributed by atoms with Gasteiger partial charge in [0, 0.05) is 37.4 Å².